The van der Waals surface area contributed by atoms with Gasteiger partial charge in [-0.05, 0) is 106 Å². The van der Waals surface area contributed by atoms with Gasteiger partial charge in [0.05, 0.1) is 24.6 Å². The Balaban J connectivity index is 1.33. The number of fused-ring (bicyclic) bond motifs is 4. The first-order valence-corrected chi connectivity index (χ1v) is 20.0. The normalized spacial score (nSPS) is 33.8. The van der Waals surface area contributed by atoms with Gasteiger partial charge in [0.2, 0.25) is 8.32 Å². The number of nitrogens with zero attached hydrogens (tertiary/aromatic N) is 1. The maximum Gasteiger partial charge on any atom is 0.241 e. The van der Waals surface area contributed by atoms with Crippen LogP contribution in [0.15, 0.2) is 47.2 Å². The maximum atomic E-state index is 12.3. The van der Waals surface area contributed by atoms with Crippen LogP contribution in [0.5, 0.6) is 5.75 Å². The van der Waals surface area contributed by atoms with Crippen molar-refractivity contribution in [2.45, 2.75) is 103 Å². The minimum atomic E-state index is -1.75. The zero-order valence-corrected chi connectivity index (χ0v) is 27.8. The molecule has 1 saturated heterocycles. The minimum Gasteiger partial charge on any atom is -0.547 e. The van der Waals surface area contributed by atoms with Gasteiger partial charge in [0, 0.05) is 30.7 Å². The molecule has 1 aliphatic heterocycles. The molecule has 3 fully saturated rings. The average Bonchev–Trinajstić information content (AvgIpc) is 3.53. The second kappa shape index (κ2) is 11.4. The smallest absolute Gasteiger partial charge is 0.241 e. The lowest BCUT2D eigenvalue weighted by Gasteiger charge is -2.56. The standard InChI is InChI=1S/C35H53NO5Si/c1-7-36(8-2)19-20-38-26-11-9-25(10-12-26)28-23-33(3)29(13-14-31(33)41-42(4,5)6)27-15-17-34(37)24-35(39-21-22-40-35)18-16-30(34)32(27)28/h9-12,14,27-29,37H,7-8,13,15-24H2,1-6H3/t27-,28-,29-,33-,34-/m0/s1. The number of likely N-dealkylation sites (N-methyl/N-ethyl adjacent to an activating group) is 1. The zero-order chi connectivity index (χ0) is 29.8. The van der Waals surface area contributed by atoms with Gasteiger partial charge >= 0.3 is 0 Å². The molecule has 0 bridgehead atoms. The van der Waals surface area contributed by atoms with E-state index in [2.05, 4.69) is 75.7 Å². The molecule has 6 rings (SSSR count). The van der Waals surface area contributed by atoms with Gasteiger partial charge < -0.3 is 28.6 Å². The first-order valence-electron chi connectivity index (χ1n) is 16.6. The van der Waals surface area contributed by atoms with E-state index in [0.29, 0.717) is 38.1 Å². The molecule has 1 N–H and O–H groups in total. The second-order valence-electron chi connectivity index (χ2n) is 14.6. The predicted molar refractivity (Wildman–Crippen MR) is 169 cm³/mol. The van der Waals surface area contributed by atoms with Crippen molar-refractivity contribution in [3.63, 3.8) is 0 Å². The monoisotopic (exact) mass is 595 g/mol. The summed E-state index contributed by atoms with van der Waals surface area (Å²) in [6, 6.07) is 8.87. The highest BCUT2D eigenvalue weighted by atomic mass is 28.4. The topological polar surface area (TPSA) is 60.4 Å². The van der Waals surface area contributed by atoms with E-state index >= 15 is 0 Å². The van der Waals surface area contributed by atoms with Crippen molar-refractivity contribution < 1.29 is 23.7 Å². The van der Waals surface area contributed by atoms with Crippen LogP contribution in [0.2, 0.25) is 19.6 Å². The summed E-state index contributed by atoms with van der Waals surface area (Å²) in [4.78, 5) is 2.39. The molecule has 4 aliphatic carbocycles. The molecule has 0 aromatic heterocycles. The second-order valence-corrected chi connectivity index (χ2v) is 19.1. The van der Waals surface area contributed by atoms with Crippen LogP contribution in [0.1, 0.15) is 77.2 Å². The Hall–Kier alpha value is -1.64. The Morgan fingerprint density at radius 2 is 1.76 bits per heavy atom. The van der Waals surface area contributed by atoms with Gasteiger partial charge in [0.1, 0.15) is 12.4 Å². The van der Waals surface area contributed by atoms with Crippen LogP contribution in [-0.2, 0) is 13.9 Å². The maximum absolute atomic E-state index is 12.3. The van der Waals surface area contributed by atoms with E-state index in [9.17, 15) is 5.11 Å². The van der Waals surface area contributed by atoms with E-state index in [4.69, 9.17) is 18.6 Å². The van der Waals surface area contributed by atoms with Crippen LogP contribution in [-0.4, -0.2) is 69.2 Å². The number of hydrogen-bond acceptors (Lipinski definition) is 6. The molecule has 5 aliphatic rings. The van der Waals surface area contributed by atoms with Crippen molar-refractivity contribution in [1.82, 2.24) is 4.90 Å². The van der Waals surface area contributed by atoms with Crippen molar-refractivity contribution in [3.8, 4) is 5.75 Å². The van der Waals surface area contributed by atoms with Crippen molar-refractivity contribution >= 4 is 8.32 Å². The molecule has 1 aromatic rings. The SMILES string of the molecule is CCN(CC)CCOc1ccc([C@@H]2C[C@]3(C)C(O[Si](C)(C)C)=CC[C@H]3[C@@H]3CC[C@]4(O)CC5(CCC4=C23)OCCO5)cc1. The molecule has 232 valence electrons. The summed E-state index contributed by atoms with van der Waals surface area (Å²) in [6.45, 7) is 18.7. The molecule has 7 heteroatoms. The third-order valence-corrected chi connectivity index (χ3v) is 11.8. The van der Waals surface area contributed by atoms with Gasteiger partial charge in [0.25, 0.3) is 0 Å². The van der Waals surface area contributed by atoms with Gasteiger partial charge in [-0.25, -0.2) is 0 Å². The number of rotatable bonds is 9. The highest BCUT2D eigenvalue weighted by Gasteiger charge is 2.59. The Morgan fingerprint density at radius 3 is 2.43 bits per heavy atom. The quantitative estimate of drug-likeness (QED) is 0.245. The lowest BCUT2D eigenvalue weighted by molar-refractivity contribution is -0.208. The fraction of sp³-hybridized carbons (Fsp3) is 0.714. The first kappa shape index (κ1) is 30.4. The molecule has 0 unspecified atom stereocenters. The van der Waals surface area contributed by atoms with Crippen molar-refractivity contribution in [3.05, 3.63) is 52.8 Å². The summed E-state index contributed by atoms with van der Waals surface area (Å²) in [5.74, 6) is 2.76. The third kappa shape index (κ3) is 5.53. The molecular formula is C35H53NO5Si. The lowest BCUT2D eigenvalue weighted by Crippen LogP contribution is -2.53. The fourth-order valence-electron chi connectivity index (χ4n) is 8.96. The molecule has 1 spiro atoms. The summed E-state index contributed by atoms with van der Waals surface area (Å²) in [7, 11) is -1.75. The van der Waals surface area contributed by atoms with E-state index in [1.54, 1.807) is 0 Å². The average molecular weight is 596 g/mol. The van der Waals surface area contributed by atoms with Crippen LogP contribution in [0.3, 0.4) is 0 Å². The Morgan fingerprint density at radius 1 is 1.05 bits per heavy atom. The molecule has 42 heavy (non-hydrogen) atoms. The molecule has 2 saturated carbocycles. The van der Waals surface area contributed by atoms with E-state index in [1.165, 1.54) is 22.5 Å². The van der Waals surface area contributed by atoms with Gasteiger partial charge in [-0.1, -0.05) is 38.5 Å². The molecule has 5 atom stereocenters. The summed E-state index contributed by atoms with van der Waals surface area (Å²) < 4.78 is 25.2. The number of ether oxygens (including phenoxy) is 3. The predicted octanol–water partition coefficient (Wildman–Crippen LogP) is 7.02. The highest BCUT2D eigenvalue weighted by molar-refractivity contribution is 6.70. The van der Waals surface area contributed by atoms with Crippen LogP contribution in [0, 0.1) is 17.3 Å². The Kier molecular flexibility index (Phi) is 8.23. The van der Waals surface area contributed by atoms with Crippen LogP contribution >= 0.6 is 0 Å². The van der Waals surface area contributed by atoms with Crippen LogP contribution < -0.4 is 4.74 Å². The molecule has 1 heterocycles. The van der Waals surface area contributed by atoms with Crippen molar-refractivity contribution in [2.24, 2.45) is 17.3 Å². The molecule has 0 amide bonds. The van der Waals surface area contributed by atoms with Crippen LogP contribution in [0.4, 0.5) is 0 Å². The fourth-order valence-corrected chi connectivity index (χ4v) is 9.94. The van der Waals surface area contributed by atoms with Crippen molar-refractivity contribution in [1.29, 1.82) is 0 Å². The number of aliphatic hydroxyl groups is 1. The summed E-state index contributed by atoms with van der Waals surface area (Å²) in [5.41, 5.74) is 3.28. The lowest BCUT2D eigenvalue weighted by atomic mass is 9.51. The number of allylic oxidation sites excluding steroid dienone is 3. The zero-order valence-electron chi connectivity index (χ0n) is 26.8. The first-order chi connectivity index (χ1) is 20.0. The van der Waals surface area contributed by atoms with E-state index < -0.39 is 19.7 Å². The molecular weight excluding hydrogens is 542 g/mol. The highest BCUT2D eigenvalue weighted by Crippen LogP contribution is 2.66. The molecule has 1 aromatic carbocycles. The van der Waals surface area contributed by atoms with E-state index in [-0.39, 0.29) is 11.3 Å². The van der Waals surface area contributed by atoms with Gasteiger partial charge in [-0.15, -0.1) is 0 Å². The third-order valence-electron chi connectivity index (χ3n) is 11.0. The Labute approximate surface area is 254 Å². The number of benzene rings is 1. The number of hydrogen-bond donors (Lipinski definition) is 1. The van der Waals surface area contributed by atoms with E-state index in [1.807, 2.05) is 0 Å². The summed E-state index contributed by atoms with van der Waals surface area (Å²) in [5, 5.41) is 12.3. The minimum absolute atomic E-state index is 0.00162. The van der Waals surface area contributed by atoms with Gasteiger partial charge in [-0.2, -0.15) is 0 Å². The van der Waals surface area contributed by atoms with Crippen LogP contribution in [0.25, 0.3) is 0 Å². The Bertz CT molecular complexity index is 1190. The van der Waals surface area contributed by atoms with Gasteiger partial charge in [0.15, 0.2) is 5.79 Å². The largest absolute Gasteiger partial charge is 0.547 e. The summed E-state index contributed by atoms with van der Waals surface area (Å²) in [6.07, 6.45) is 8.52. The molecule has 0 radical (unpaired) electrons. The molecule has 6 nitrogen and oxygen atoms in total. The summed E-state index contributed by atoms with van der Waals surface area (Å²) >= 11 is 0. The van der Waals surface area contributed by atoms with Gasteiger partial charge in [-0.3, -0.25) is 0 Å². The van der Waals surface area contributed by atoms with Crippen molar-refractivity contribution in [2.75, 3.05) is 39.5 Å². The van der Waals surface area contributed by atoms with E-state index in [0.717, 1.165) is 63.9 Å².